The molecule has 0 unspecified atom stereocenters. The molecule has 39 heavy (non-hydrogen) atoms. The van der Waals surface area contributed by atoms with Crippen LogP contribution < -0.4 is 38.1 Å². The van der Waals surface area contributed by atoms with Crippen LogP contribution in [0.5, 0.6) is 0 Å². The van der Waals surface area contributed by atoms with E-state index in [9.17, 15) is 38.7 Å². The number of aliphatic hydroxyl groups is 1. The highest BCUT2D eigenvalue weighted by molar-refractivity contribution is 7.98. The van der Waals surface area contributed by atoms with Gasteiger partial charge in [-0.3, -0.25) is 33.6 Å². The first-order valence-electron chi connectivity index (χ1n) is 12.0. The average molecular weight is 578 g/mol. The number of carboxylic acid groups (broad SMARTS) is 1. The van der Waals surface area contributed by atoms with Crippen molar-refractivity contribution in [2.24, 2.45) is 17.4 Å². The summed E-state index contributed by atoms with van der Waals surface area (Å²) >= 11 is 1.51. The Balaban J connectivity index is 5.27. The molecular weight excluding hydrogens is 538 g/mol. The number of carbonyl (C=O) groups excluding carboxylic acids is 6. The molecule has 0 radical (unpaired) electrons. The van der Waals surface area contributed by atoms with Gasteiger partial charge in [0.1, 0.15) is 24.7 Å². The highest BCUT2D eigenvalue weighted by Gasteiger charge is 2.30. The van der Waals surface area contributed by atoms with Gasteiger partial charge in [0.2, 0.25) is 35.4 Å². The van der Waals surface area contributed by atoms with Crippen molar-refractivity contribution in [1.29, 1.82) is 0 Å². The second-order valence-electron chi connectivity index (χ2n) is 8.82. The summed E-state index contributed by atoms with van der Waals surface area (Å²) in [6, 6.07) is -4.68. The lowest BCUT2D eigenvalue weighted by Gasteiger charge is -2.26. The molecule has 0 aliphatic carbocycles. The molecule has 0 fully saturated rings. The first-order chi connectivity index (χ1) is 18.2. The Bertz CT molecular complexity index is 888. The van der Waals surface area contributed by atoms with Crippen molar-refractivity contribution in [2.45, 2.75) is 57.3 Å². The van der Waals surface area contributed by atoms with E-state index in [1.807, 2.05) is 11.6 Å². The Hall–Kier alpha value is -3.44. The quantitative estimate of drug-likeness (QED) is 0.0709. The van der Waals surface area contributed by atoms with Gasteiger partial charge in [0.15, 0.2) is 0 Å². The SMILES string of the molecule is CSCC[C@H](N)C(=O)N[C@H](C(=O)N[C@@H](CCC(N)=O)C(=O)NCC(=O)N[C@@H](CO)C(=O)NCC(=O)O)C(C)C. The van der Waals surface area contributed by atoms with E-state index in [1.54, 1.807) is 13.8 Å². The molecule has 6 amide bonds. The third-order valence-corrected chi connectivity index (χ3v) is 5.84. The molecule has 0 rings (SSSR count). The maximum Gasteiger partial charge on any atom is 0.322 e. The molecule has 0 spiro atoms. The smallest absolute Gasteiger partial charge is 0.322 e. The summed E-state index contributed by atoms with van der Waals surface area (Å²) in [5, 5.41) is 29.3. The molecule has 16 nitrogen and oxygen atoms in total. The average Bonchev–Trinajstić information content (AvgIpc) is 2.87. The van der Waals surface area contributed by atoms with Gasteiger partial charge in [-0.1, -0.05) is 13.8 Å². The molecule has 0 heterocycles. The third-order valence-electron chi connectivity index (χ3n) is 5.20. The number of rotatable bonds is 19. The maximum atomic E-state index is 13.0. The van der Waals surface area contributed by atoms with Gasteiger partial charge in [0, 0.05) is 6.42 Å². The first-order valence-corrected chi connectivity index (χ1v) is 13.4. The van der Waals surface area contributed by atoms with Gasteiger partial charge < -0.3 is 48.3 Å². The molecular formula is C22H39N7O9S. The molecule has 0 bridgehead atoms. The Morgan fingerprint density at radius 3 is 1.92 bits per heavy atom. The molecule has 0 aromatic heterocycles. The molecule has 0 saturated carbocycles. The van der Waals surface area contributed by atoms with Crippen molar-refractivity contribution in [1.82, 2.24) is 26.6 Å². The van der Waals surface area contributed by atoms with Gasteiger partial charge in [0.05, 0.1) is 19.2 Å². The lowest BCUT2D eigenvalue weighted by molar-refractivity contribution is -0.138. The van der Waals surface area contributed by atoms with Gasteiger partial charge >= 0.3 is 5.97 Å². The highest BCUT2D eigenvalue weighted by atomic mass is 32.2. The normalized spacial score (nSPS) is 13.8. The first kappa shape index (κ1) is 35.6. The van der Waals surface area contributed by atoms with E-state index < -0.39 is 91.2 Å². The molecule has 0 aliphatic rings. The Morgan fingerprint density at radius 1 is 0.821 bits per heavy atom. The summed E-state index contributed by atoms with van der Waals surface area (Å²) in [5.41, 5.74) is 11.0. The van der Waals surface area contributed by atoms with E-state index in [1.165, 1.54) is 11.8 Å². The summed E-state index contributed by atoms with van der Waals surface area (Å²) in [6.07, 6.45) is 1.76. The maximum absolute atomic E-state index is 13.0. The predicted octanol–water partition coefficient (Wildman–Crippen LogP) is -4.25. The molecule has 0 aromatic rings. The minimum Gasteiger partial charge on any atom is -0.480 e. The Labute approximate surface area is 230 Å². The van der Waals surface area contributed by atoms with Crippen molar-refractivity contribution in [3.63, 3.8) is 0 Å². The number of nitrogens with two attached hydrogens (primary N) is 2. The zero-order valence-electron chi connectivity index (χ0n) is 22.2. The monoisotopic (exact) mass is 577 g/mol. The number of aliphatic carboxylic acids is 1. The number of thioether (sulfide) groups is 1. The van der Waals surface area contributed by atoms with E-state index in [4.69, 9.17) is 16.6 Å². The van der Waals surface area contributed by atoms with Crippen LogP contribution in [0.15, 0.2) is 0 Å². The van der Waals surface area contributed by atoms with Gasteiger partial charge in [-0.2, -0.15) is 11.8 Å². The summed E-state index contributed by atoms with van der Waals surface area (Å²) in [5.74, 6) is -5.82. The van der Waals surface area contributed by atoms with Crippen LogP contribution in [0.4, 0.5) is 0 Å². The van der Waals surface area contributed by atoms with Crippen molar-refractivity contribution in [3.05, 3.63) is 0 Å². The van der Waals surface area contributed by atoms with Gasteiger partial charge in [0.25, 0.3) is 0 Å². The molecule has 222 valence electrons. The van der Waals surface area contributed by atoms with Crippen molar-refractivity contribution >= 4 is 53.2 Å². The number of carbonyl (C=O) groups is 7. The zero-order valence-corrected chi connectivity index (χ0v) is 23.0. The molecule has 17 heteroatoms. The summed E-state index contributed by atoms with van der Waals surface area (Å²) in [6.45, 7) is 1.09. The third kappa shape index (κ3) is 14.9. The van der Waals surface area contributed by atoms with E-state index in [0.717, 1.165) is 0 Å². The minimum atomic E-state index is -1.48. The topological polar surface area (TPSA) is 272 Å². The number of hydrogen-bond donors (Lipinski definition) is 9. The summed E-state index contributed by atoms with van der Waals surface area (Å²) < 4.78 is 0. The molecule has 0 aromatic carbocycles. The van der Waals surface area contributed by atoms with Crippen LogP contribution in [0.25, 0.3) is 0 Å². The Morgan fingerprint density at radius 2 is 1.41 bits per heavy atom. The van der Waals surface area contributed by atoms with Crippen LogP contribution in [0.3, 0.4) is 0 Å². The molecule has 4 atom stereocenters. The second-order valence-corrected chi connectivity index (χ2v) is 9.80. The summed E-state index contributed by atoms with van der Waals surface area (Å²) in [7, 11) is 0. The van der Waals surface area contributed by atoms with Crippen LogP contribution >= 0.6 is 11.8 Å². The van der Waals surface area contributed by atoms with Gasteiger partial charge in [-0.05, 0) is 30.8 Å². The zero-order chi connectivity index (χ0) is 30.1. The van der Waals surface area contributed by atoms with E-state index in [0.29, 0.717) is 12.2 Å². The number of amides is 6. The number of nitrogens with one attached hydrogen (secondary N) is 5. The number of aliphatic hydroxyl groups excluding tert-OH is 1. The highest BCUT2D eigenvalue weighted by Crippen LogP contribution is 2.07. The Kier molecular flexibility index (Phi) is 17.1. The second kappa shape index (κ2) is 18.8. The molecule has 11 N–H and O–H groups in total. The predicted molar refractivity (Wildman–Crippen MR) is 141 cm³/mol. The van der Waals surface area contributed by atoms with Crippen molar-refractivity contribution < 1.29 is 43.8 Å². The number of carboxylic acids is 1. The fourth-order valence-corrected chi connectivity index (χ4v) is 3.49. The van der Waals surface area contributed by atoms with E-state index in [-0.39, 0.29) is 12.8 Å². The molecule has 0 aliphatic heterocycles. The lowest BCUT2D eigenvalue weighted by Crippen LogP contribution is -2.58. The number of primary amides is 1. The van der Waals surface area contributed by atoms with Crippen LogP contribution in [-0.4, -0.2) is 107 Å². The van der Waals surface area contributed by atoms with Crippen LogP contribution in [-0.2, 0) is 33.6 Å². The summed E-state index contributed by atoms with van der Waals surface area (Å²) in [4.78, 5) is 84.0. The largest absolute Gasteiger partial charge is 0.480 e. The van der Waals surface area contributed by atoms with Crippen LogP contribution in [0.1, 0.15) is 33.1 Å². The van der Waals surface area contributed by atoms with Crippen LogP contribution in [0.2, 0.25) is 0 Å². The molecule has 0 saturated heterocycles. The fourth-order valence-electron chi connectivity index (χ4n) is 3.00. The van der Waals surface area contributed by atoms with Gasteiger partial charge in [-0.15, -0.1) is 0 Å². The van der Waals surface area contributed by atoms with E-state index in [2.05, 4.69) is 21.3 Å². The standard InChI is InChI=1S/C22H39N7O9S/c1-11(2)18(29-19(35)12(23)6-7-39-3)22(38)28-13(4-5-15(24)31)20(36)25-8-16(32)27-14(10-30)21(37)26-9-17(33)34/h11-14,18,30H,4-10,23H2,1-3H3,(H2,24,31)(H,25,36)(H,26,37)(H,27,32)(H,28,38)(H,29,35)(H,33,34)/t12-,13-,14-,18-/m0/s1. The van der Waals surface area contributed by atoms with Crippen LogP contribution in [0, 0.1) is 5.92 Å². The lowest BCUT2D eigenvalue weighted by atomic mass is 10.0. The van der Waals surface area contributed by atoms with E-state index >= 15 is 0 Å². The fraction of sp³-hybridized carbons (Fsp3) is 0.682. The van der Waals surface area contributed by atoms with Crippen molar-refractivity contribution in [3.8, 4) is 0 Å². The number of hydrogen-bond acceptors (Lipinski definition) is 10. The van der Waals surface area contributed by atoms with Crippen molar-refractivity contribution in [2.75, 3.05) is 31.7 Å². The minimum absolute atomic E-state index is 0.211. The van der Waals surface area contributed by atoms with Gasteiger partial charge in [-0.25, -0.2) is 0 Å².